The molecule has 0 saturated heterocycles. The summed E-state index contributed by atoms with van der Waals surface area (Å²) in [5.41, 5.74) is 7.79. The van der Waals surface area contributed by atoms with Crippen molar-refractivity contribution in [3.63, 3.8) is 0 Å². The molecule has 3 N–H and O–H groups in total. The number of benzene rings is 1. The minimum atomic E-state index is -0.867. The predicted molar refractivity (Wildman–Crippen MR) is 75.8 cm³/mol. The smallest absolute Gasteiger partial charge is 0.303 e. The third kappa shape index (κ3) is 3.61. The second-order valence-electron chi connectivity index (χ2n) is 4.17. The van der Waals surface area contributed by atoms with Crippen molar-refractivity contribution in [2.24, 2.45) is 5.73 Å². The van der Waals surface area contributed by atoms with E-state index in [9.17, 15) is 4.79 Å². The molecular formula is C13H18BrNO4. The monoisotopic (exact) mass is 331 g/mol. The van der Waals surface area contributed by atoms with Crippen LogP contribution >= 0.6 is 15.9 Å². The Labute approximate surface area is 120 Å². The maximum absolute atomic E-state index is 10.6. The molecule has 6 heteroatoms. The van der Waals surface area contributed by atoms with E-state index in [4.69, 9.17) is 20.3 Å². The Hall–Kier alpha value is -1.27. The van der Waals surface area contributed by atoms with Crippen molar-refractivity contribution in [1.29, 1.82) is 0 Å². The first-order valence-corrected chi connectivity index (χ1v) is 6.60. The van der Waals surface area contributed by atoms with Gasteiger partial charge in [-0.25, -0.2) is 0 Å². The third-order valence-corrected chi connectivity index (χ3v) is 3.78. The van der Waals surface area contributed by atoms with Gasteiger partial charge in [0.05, 0.1) is 14.2 Å². The molecule has 1 atom stereocenters. The van der Waals surface area contributed by atoms with Crippen LogP contribution in [-0.4, -0.2) is 25.3 Å². The van der Waals surface area contributed by atoms with Gasteiger partial charge in [-0.15, -0.1) is 0 Å². The lowest BCUT2D eigenvalue weighted by Gasteiger charge is -2.21. The highest BCUT2D eigenvalue weighted by atomic mass is 79.9. The fourth-order valence-corrected chi connectivity index (χ4v) is 2.37. The minimum Gasteiger partial charge on any atom is -0.493 e. The number of nitrogens with two attached hydrogens (primary N) is 1. The molecule has 0 radical (unpaired) electrons. The molecule has 106 valence electrons. The van der Waals surface area contributed by atoms with Gasteiger partial charge < -0.3 is 20.3 Å². The standard InChI is InChI=1S/C13H18BrNO4/c1-7-8(14)6-10(18-2)13(19-3)12(7)9(15)4-5-11(16)17/h6,9H,4-5,15H2,1-3H3,(H,16,17). The number of hydrogen-bond acceptors (Lipinski definition) is 4. The molecule has 0 saturated carbocycles. The van der Waals surface area contributed by atoms with Crippen LogP contribution in [0, 0.1) is 6.92 Å². The molecule has 1 unspecified atom stereocenters. The first kappa shape index (κ1) is 15.8. The minimum absolute atomic E-state index is 0.0125. The van der Waals surface area contributed by atoms with Gasteiger partial charge in [-0.1, -0.05) is 15.9 Å². The van der Waals surface area contributed by atoms with Gasteiger partial charge in [0.2, 0.25) is 0 Å². The van der Waals surface area contributed by atoms with Crippen molar-refractivity contribution in [2.75, 3.05) is 14.2 Å². The van der Waals surface area contributed by atoms with Gasteiger partial charge in [-0.3, -0.25) is 4.79 Å². The summed E-state index contributed by atoms with van der Waals surface area (Å²) in [6, 6.07) is 1.39. The molecule has 0 aromatic heterocycles. The van der Waals surface area contributed by atoms with Crippen molar-refractivity contribution < 1.29 is 19.4 Å². The molecule has 0 amide bonds. The molecule has 0 aliphatic carbocycles. The van der Waals surface area contributed by atoms with Gasteiger partial charge in [-0.05, 0) is 25.0 Å². The van der Waals surface area contributed by atoms with Gasteiger partial charge in [0.1, 0.15) is 0 Å². The Bertz CT molecular complexity index is 476. The first-order chi connectivity index (χ1) is 8.92. The predicted octanol–water partition coefficient (Wildman–Crippen LogP) is 2.64. The van der Waals surface area contributed by atoms with Crippen molar-refractivity contribution in [3.8, 4) is 11.5 Å². The summed E-state index contributed by atoms with van der Waals surface area (Å²) in [5.74, 6) is 0.260. The number of carboxylic acids is 1. The highest BCUT2D eigenvalue weighted by molar-refractivity contribution is 9.10. The first-order valence-electron chi connectivity index (χ1n) is 5.80. The number of carboxylic acid groups (broad SMARTS) is 1. The number of rotatable bonds is 6. The summed E-state index contributed by atoms with van der Waals surface area (Å²) in [5, 5.41) is 8.74. The van der Waals surface area contributed by atoms with E-state index in [1.54, 1.807) is 14.2 Å². The maximum atomic E-state index is 10.6. The van der Waals surface area contributed by atoms with Crippen LogP contribution in [0.15, 0.2) is 10.5 Å². The molecule has 0 aliphatic heterocycles. The lowest BCUT2D eigenvalue weighted by atomic mass is 9.96. The summed E-state index contributed by atoms with van der Waals surface area (Å²) in [6.07, 6.45) is 0.352. The van der Waals surface area contributed by atoms with Gasteiger partial charge >= 0.3 is 5.97 Å². The number of methoxy groups -OCH3 is 2. The maximum Gasteiger partial charge on any atom is 0.303 e. The van der Waals surface area contributed by atoms with Crippen molar-refractivity contribution in [1.82, 2.24) is 0 Å². The van der Waals surface area contributed by atoms with Crippen LogP contribution in [0.25, 0.3) is 0 Å². The van der Waals surface area contributed by atoms with E-state index in [0.717, 1.165) is 15.6 Å². The zero-order valence-corrected chi connectivity index (χ0v) is 12.8. The molecule has 0 aliphatic rings. The number of halogens is 1. The average molecular weight is 332 g/mol. The highest BCUT2D eigenvalue weighted by Crippen LogP contribution is 2.41. The third-order valence-electron chi connectivity index (χ3n) is 2.95. The largest absolute Gasteiger partial charge is 0.493 e. The molecule has 1 aromatic carbocycles. The van der Waals surface area contributed by atoms with E-state index in [-0.39, 0.29) is 6.42 Å². The van der Waals surface area contributed by atoms with Crippen molar-refractivity contribution in [3.05, 3.63) is 21.7 Å². The summed E-state index contributed by atoms with van der Waals surface area (Å²) in [7, 11) is 3.09. The van der Waals surface area contributed by atoms with Crippen LogP contribution in [0.5, 0.6) is 11.5 Å². The number of ether oxygens (including phenoxy) is 2. The van der Waals surface area contributed by atoms with E-state index in [2.05, 4.69) is 15.9 Å². The van der Waals surface area contributed by atoms with E-state index < -0.39 is 12.0 Å². The normalized spacial score (nSPS) is 12.1. The molecule has 0 spiro atoms. The van der Waals surface area contributed by atoms with Crippen LogP contribution in [0.2, 0.25) is 0 Å². The van der Waals surface area contributed by atoms with Crippen LogP contribution in [0.4, 0.5) is 0 Å². The van der Waals surface area contributed by atoms with Crippen molar-refractivity contribution >= 4 is 21.9 Å². The summed E-state index contributed by atoms with van der Waals surface area (Å²) >= 11 is 3.44. The Morgan fingerprint density at radius 1 is 1.47 bits per heavy atom. The zero-order chi connectivity index (χ0) is 14.6. The Morgan fingerprint density at radius 3 is 2.58 bits per heavy atom. The number of aliphatic carboxylic acids is 1. The second-order valence-corrected chi connectivity index (χ2v) is 5.03. The fourth-order valence-electron chi connectivity index (χ4n) is 1.95. The molecule has 0 fully saturated rings. The van der Waals surface area contributed by atoms with Gasteiger partial charge in [-0.2, -0.15) is 0 Å². The van der Waals surface area contributed by atoms with E-state index >= 15 is 0 Å². The number of hydrogen-bond donors (Lipinski definition) is 2. The van der Waals surface area contributed by atoms with Crippen LogP contribution in [0.3, 0.4) is 0 Å². The van der Waals surface area contributed by atoms with Crippen LogP contribution in [-0.2, 0) is 4.79 Å². The molecule has 1 aromatic rings. The summed E-state index contributed by atoms with van der Waals surface area (Å²) in [6.45, 7) is 1.90. The highest BCUT2D eigenvalue weighted by Gasteiger charge is 2.21. The molecule has 19 heavy (non-hydrogen) atoms. The SMILES string of the molecule is COc1cc(Br)c(C)c(C(N)CCC(=O)O)c1OC. The Kier molecular flexibility index (Phi) is 5.62. The Balaban J connectivity index is 3.22. The van der Waals surface area contributed by atoms with E-state index in [1.807, 2.05) is 13.0 Å². The molecule has 1 rings (SSSR count). The summed E-state index contributed by atoms with van der Waals surface area (Å²) < 4.78 is 11.5. The van der Waals surface area contributed by atoms with Gasteiger partial charge in [0.25, 0.3) is 0 Å². The lowest BCUT2D eigenvalue weighted by Crippen LogP contribution is -2.15. The molecular weight excluding hydrogens is 314 g/mol. The summed E-state index contributed by atoms with van der Waals surface area (Å²) in [4.78, 5) is 10.6. The van der Waals surface area contributed by atoms with Gasteiger partial charge in [0, 0.05) is 22.5 Å². The quantitative estimate of drug-likeness (QED) is 0.837. The van der Waals surface area contributed by atoms with Crippen molar-refractivity contribution in [2.45, 2.75) is 25.8 Å². The number of carbonyl (C=O) groups is 1. The molecule has 0 heterocycles. The van der Waals surface area contributed by atoms with E-state index in [0.29, 0.717) is 17.9 Å². The van der Waals surface area contributed by atoms with Gasteiger partial charge in [0.15, 0.2) is 11.5 Å². The average Bonchev–Trinajstić information content (AvgIpc) is 2.38. The topological polar surface area (TPSA) is 81.8 Å². The van der Waals surface area contributed by atoms with Crippen LogP contribution < -0.4 is 15.2 Å². The Morgan fingerprint density at radius 2 is 2.11 bits per heavy atom. The van der Waals surface area contributed by atoms with E-state index in [1.165, 1.54) is 0 Å². The lowest BCUT2D eigenvalue weighted by molar-refractivity contribution is -0.137. The van der Waals surface area contributed by atoms with Crippen LogP contribution in [0.1, 0.15) is 30.0 Å². The molecule has 5 nitrogen and oxygen atoms in total. The zero-order valence-electron chi connectivity index (χ0n) is 11.2. The fraction of sp³-hybridized carbons (Fsp3) is 0.462. The molecule has 0 bridgehead atoms. The second kappa shape index (κ2) is 6.77.